The lowest BCUT2D eigenvalue weighted by molar-refractivity contribution is -0.137. The molecular formula is C25H22F3N7O3S. The van der Waals surface area contributed by atoms with Crippen LogP contribution in [0.1, 0.15) is 5.01 Å². The van der Waals surface area contributed by atoms with Crippen LogP contribution < -0.4 is 20.4 Å². The second-order valence-corrected chi connectivity index (χ2v) is 9.81. The first-order valence-corrected chi connectivity index (χ1v) is 12.9. The van der Waals surface area contributed by atoms with Crippen LogP contribution in [0.5, 0.6) is 0 Å². The number of halogens is 3. The molecule has 1 amide bonds. The zero-order valence-electron chi connectivity index (χ0n) is 20.3. The van der Waals surface area contributed by atoms with Crippen molar-refractivity contribution in [2.45, 2.75) is 12.2 Å². The van der Waals surface area contributed by atoms with Gasteiger partial charge in [-0.15, -0.1) is 5.10 Å². The van der Waals surface area contributed by atoms with Crippen LogP contribution >= 0.6 is 11.3 Å². The molecule has 2 N–H and O–H groups in total. The molecule has 1 saturated heterocycles. The minimum Gasteiger partial charge on any atom is -0.402 e. The van der Waals surface area contributed by atoms with Crippen molar-refractivity contribution in [1.82, 2.24) is 15.2 Å². The van der Waals surface area contributed by atoms with E-state index in [1.807, 2.05) is 59.5 Å². The van der Waals surface area contributed by atoms with Gasteiger partial charge in [-0.1, -0.05) is 46.8 Å². The molecule has 0 aliphatic carbocycles. The number of morpholine rings is 1. The number of amides is 1. The number of nitrogens with zero attached hydrogens (tertiary/aromatic N) is 5. The molecule has 0 radical (unpaired) electrons. The maximum absolute atomic E-state index is 13.5. The largest absolute Gasteiger partial charge is 0.443 e. The second kappa shape index (κ2) is 10.2. The Kier molecular flexibility index (Phi) is 6.56. The van der Waals surface area contributed by atoms with Crippen LogP contribution in [-0.4, -0.2) is 60.0 Å². The molecule has 10 nitrogen and oxygen atoms in total. The van der Waals surface area contributed by atoms with Gasteiger partial charge in [-0.2, -0.15) is 13.2 Å². The lowest BCUT2D eigenvalue weighted by Gasteiger charge is -2.27. The summed E-state index contributed by atoms with van der Waals surface area (Å²) in [7, 11) is 0. The number of nitrogens with one attached hydrogen (secondary N) is 2. The molecule has 202 valence electrons. The topological polar surface area (TPSA) is 109 Å². The Morgan fingerprint density at radius 1 is 1.03 bits per heavy atom. The van der Waals surface area contributed by atoms with Gasteiger partial charge in [0.1, 0.15) is 11.0 Å². The third-order valence-corrected chi connectivity index (χ3v) is 7.44. The Hall–Kier alpha value is -4.17. The fourth-order valence-electron chi connectivity index (χ4n) is 4.44. The third-order valence-electron chi connectivity index (χ3n) is 6.28. The van der Waals surface area contributed by atoms with Gasteiger partial charge in [0.25, 0.3) is 5.89 Å². The molecule has 4 aromatic rings. The molecule has 6 rings (SSSR count). The van der Waals surface area contributed by atoms with E-state index in [0.29, 0.717) is 43.3 Å². The van der Waals surface area contributed by atoms with Gasteiger partial charge in [0.2, 0.25) is 10.9 Å². The lowest BCUT2D eigenvalue weighted by atomic mass is 10.2. The SMILES string of the molecule is O=C1Nc2ccccc2N(c2ccccc2)C[C@@H]1Nc1nnc(-c2nc(C(F)(F)F)sc2N2CCOCC2)o1. The van der Waals surface area contributed by atoms with E-state index in [-0.39, 0.29) is 35.1 Å². The van der Waals surface area contributed by atoms with Gasteiger partial charge in [-0.25, -0.2) is 4.98 Å². The normalized spacial score (nSPS) is 17.9. The monoisotopic (exact) mass is 557 g/mol. The quantitative estimate of drug-likeness (QED) is 0.363. The van der Waals surface area contributed by atoms with Gasteiger partial charge in [-0.3, -0.25) is 4.79 Å². The van der Waals surface area contributed by atoms with Crippen molar-refractivity contribution in [3.05, 3.63) is 59.6 Å². The number of hydrogen-bond donors (Lipinski definition) is 2. The van der Waals surface area contributed by atoms with E-state index in [9.17, 15) is 18.0 Å². The minimum atomic E-state index is -4.63. The lowest BCUT2D eigenvalue weighted by Crippen LogP contribution is -2.40. The molecule has 39 heavy (non-hydrogen) atoms. The number of fused-ring (bicyclic) bond motifs is 1. The zero-order chi connectivity index (χ0) is 27.0. The van der Waals surface area contributed by atoms with Crippen molar-refractivity contribution in [1.29, 1.82) is 0 Å². The molecular weight excluding hydrogens is 535 g/mol. The highest BCUT2D eigenvalue weighted by atomic mass is 32.1. The number of ether oxygens (including phenoxy) is 1. The number of carbonyl (C=O) groups excluding carboxylic acids is 1. The molecule has 0 bridgehead atoms. The first-order valence-electron chi connectivity index (χ1n) is 12.1. The number of benzene rings is 2. The molecule has 2 aliphatic rings. The summed E-state index contributed by atoms with van der Waals surface area (Å²) >= 11 is 0.522. The molecule has 1 fully saturated rings. The fourth-order valence-corrected chi connectivity index (χ4v) is 5.42. The van der Waals surface area contributed by atoms with Crippen molar-refractivity contribution in [3.8, 4) is 11.6 Å². The van der Waals surface area contributed by atoms with Crippen LogP contribution in [0.25, 0.3) is 11.6 Å². The number of para-hydroxylation sites is 3. The number of carbonyl (C=O) groups is 1. The molecule has 1 atom stereocenters. The number of thiazole rings is 1. The van der Waals surface area contributed by atoms with Gasteiger partial charge in [0, 0.05) is 18.8 Å². The first-order chi connectivity index (χ1) is 18.9. The van der Waals surface area contributed by atoms with Crippen LogP contribution in [0.3, 0.4) is 0 Å². The Morgan fingerprint density at radius 2 is 1.77 bits per heavy atom. The molecule has 0 spiro atoms. The minimum absolute atomic E-state index is 0.0570. The van der Waals surface area contributed by atoms with E-state index in [2.05, 4.69) is 25.8 Å². The van der Waals surface area contributed by atoms with Crippen LogP contribution in [-0.2, 0) is 15.7 Å². The van der Waals surface area contributed by atoms with Crippen LogP contribution in [0.15, 0.2) is 59.0 Å². The van der Waals surface area contributed by atoms with Crippen LogP contribution in [0.4, 0.5) is 41.2 Å². The standard InChI is InChI=1S/C25H22F3N7O3S/c26-25(27,28)23-31-19(22(39-23)34-10-12-37-13-11-34)21-32-33-24(38-21)30-17-14-35(15-6-2-1-3-7-15)18-9-5-4-8-16(18)29-20(17)36/h1-9,17H,10-14H2,(H,29,36)(H,30,33)/t17-/m0/s1. The molecule has 14 heteroatoms. The van der Waals surface area contributed by atoms with E-state index in [0.717, 1.165) is 11.4 Å². The van der Waals surface area contributed by atoms with E-state index < -0.39 is 17.2 Å². The van der Waals surface area contributed by atoms with Crippen molar-refractivity contribution < 1.29 is 27.1 Å². The summed E-state index contributed by atoms with van der Waals surface area (Å²) in [5.41, 5.74) is 2.26. The summed E-state index contributed by atoms with van der Waals surface area (Å²) in [5.74, 6) is -0.509. The van der Waals surface area contributed by atoms with Crippen molar-refractivity contribution in [2.75, 3.05) is 53.3 Å². The Morgan fingerprint density at radius 3 is 2.54 bits per heavy atom. The average Bonchev–Trinajstić information content (AvgIpc) is 3.57. The Bertz CT molecular complexity index is 1470. The van der Waals surface area contributed by atoms with Gasteiger partial charge < -0.3 is 29.6 Å². The summed E-state index contributed by atoms with van der Waals surface area (Å²) in [6, 6.07) is 16.1. The smallest absolute Gasteiger partial charge is 0.402 e. The van der Waals surface area contributed by atoms with E-state index in [1.165, 1.54) is 0 Å². The summed E-state index contributed by atoms with van der Waals surface area (Å²) in [6.45, 7) is 1.80. The van der Waals surface area contributed by atoms with Crippen molar-refractivity contribution >= 4 is 45.3 Å². The Labute approximate surface area is 224 Å². The predicted octanol–water partition coefficient (Wildman–Crippen LogP) is 4.62. The maximum Gasteiger partial charge on any atom is 0.443 e. The first kappa shape index (κ1) is 25.1. The van der Waals surface area contributed by atoms with Crippen molar-refractivity contribution in [2.24, 2.45) is 0 Å². The predicted molar refractivity (Wildman–Crippen MR) is 139 cm³/mol. The highest BCUT2D eigenvalue weighted by molar-refractivity contribution is 7.16. The molecule has 2 aromatic heterocycles. The highest BCUT2D eigenvalue weighted by Gasteiger charge is 2.38. The van der Waals surface area contributed by atoms with Gasteiger partial charge in [0.15, 0.2) is 5.69 Å². The zero-order valence-corrected chi connectivity index (χ0v) is 21.1. The maximum atomic E-state index is 13.5. The Balaban J connectivity index is 1.29. The van der Waals surface area contributed by atoms with Gasteiger partial charge >= 0.3 is 12.2 Å². The number of anilines is 5. The summed E-state index contributed by atoms with van der Waals surface area (Å²) < 4.78 is 51.6. The summed E-state index contributed by atoms with van der Waals surface area (Å²) in [6.07, 6.45) is -4.63. The molecule has 2 aromatic carbocycles. The summed E-state index contributed by atoms with van der Waals surface area (Å²) in [5, 5.41) is 13.1. The number of aromatic nitrogens is 3. The van der Waals surface area contributed by atoms with E-state index in [4.69, 9.17) is 9.15 Å². The second-order valence-electron chi connectivity index (χ2n) is 8.83. The average molecular weight is 558 g/mol. The highest BCUT2D eigenvalue weighted by Crippen LogP contribution is 2.43. The molecule has 4 heterocycles. The number of alkyl halides is 3. The van der Waals surface area contributed by atoms with E-state index in [1.54, 1.807) is 4.90 Å². The van der Waals surface area contributed by atoms with Crippen molar-refractivity contribution in [3.63, 3.8) is 0 Å². The van der Waals surface area contributed by atoms with E-state index >= 15 is 0 Å². The fraction of sp³-hybridized carbons (Fsp3) is 0.280. The van der Waals surface area contributed by atoms with Gasteiger partial charge in [0.05, 0.1) is 31.1 Å². The van der Waals surface area contributed by atoms with Gasteiger partial charge in [-0.05, 0) is 24.3 Å². The molecule has 0 saturated carbocycles. The number of hydrogen-bond acceptors (Lipinski definition) is 10. The van der Waals surface area contributed by atoms with Crippen LogP contribution in [0, 0.1) is 0 Å². The van der Waals surface area contributed by atoms with Crippen LogP contribution in [0.2, 0.25) is 0 Å². The molecule has 0 unspecified atom stereocenters. The summed E-state index contributed by atoms with van der Waals surface area (Å²) in [4.78, 5) is 20.7. The molecule has 2 aliphatic heterocycles. The number of rotatable bonds is 5. The third kappa shape index (κ3) is 5.12.